The average Bonchev–Trinajstić information content (AvgIpc) is 2.81. The topological polar surface area (TPSA) is 17.8 Å². The third-order valence-corrected chi connectivity index (χ3v) is 4.72. The molecule has 1 heterocycles. The summed E-state index contributed by atoms with van der Waals surface area (Å²) in [6, 6.07) is 3.43. The molecule has 0 aliphatic heterocycles. The van der Waals surface area contributed by atoms with Crippen LogP contribution in [-0.2, 0) is 7.05 Å². The van der Waals surface area contributed by atoms with Crippen LogP contribution in [0.3, 0.4) is 0 Å². The first-order valence-electron chi connectivity index (χ1n) is 7.30. The minimum atomic E-state index is -0.0592. The first-order chi connectivity index (χ1) is 9.20. The predicted molar refractivity (Wildman–Crippen MR) is 75.7 cm³/mol. The molecule has 2 aromatic rings. The number of nitrogens with zero attached hydrogens (tertiary/aromatic N) is 2. The summed E-state index contributed by atoms with van der Waals surface area (Å²) in [6.45, 7) is 2.26. The molecule has 3 heteroatoms. The molecule has 0 spiro atoms. The first-order valence-corrected chi connectivity index (χ1v) is 7.30. The Morgan fingerprint density at radius 1 is 1.26 bits per heavy atom. The van der Waals surface area contributed by atoms with Crippen molar-refractivity contribution in [2.24, 2.45) is 13.0 Å². The molecule has 0 radical (unpaired) electrons. The summed E-state index contributed by atoms with van der Waals surface area (Å²) in [5.41, 5.74) is 1.88. The van der Waals surface area contributed by atoms with E-state index < -0.39 is 0 Å². The minimum Gasteiger partial charge on any atom is -0.268 e. The molecule has 1 fully saturated rings. The van der Waals surface area contributed by atoms with Crippen molar-refractivity contribution in [1.82, 2.24) is 9.78 Å². The van der Waals surface area contributed by atoms with Crippen LogP contribution in [0.4, 0.5) is 4.39 Å². The van der Waals surface area contributed by atoms with Crippen molar-refractivity contribution in [2.45, 2.75) is 44.9 Å². The van der Waals surface area contributed by atoms with Gasteiger partial charge < -0.3 is 0 Å². The number of rotatable bonds is 2. The number of hydrogen-bond acceptors (Lipinski definition) is 1. The number of halogens is 1. The van der Waals surface area contributed by atoms with E-state index in [-0.39, 0.29) is 5.82 Å². The Bertz CT molecular complexity index is 580. The molecule has 0 bridgehead atoms. The second kappa shape index (κ2) is 4.95. The third-order valence-electron chi connectivity index (χ3n) is 4.72. The van der Waals surface area contributed by atoms with Gasteiger partial charge in [0.25, 0.3) is 0 Å². The molecule has 2 nitrogen and oxygen atoms in total. The molecule has 102 valence electrons. The Kier molecular flexibility index (Phi) is 3.29. The highest BCUT2D eigenvalue weighted by atomic mass is 19.1. The van der Waals surface area contributed by atoms with E-state index in [1.807, 2.05) is 24.0 Å². The maximum Gasteiger partial charge on any atom is 0.128 e. The van der Waals surface area contributed by atoms with Crippen molar-refractivity contribution in [3.63, 3.8) is 0 Å². The second-order valence-electron chi connectivity index (χ2n) is 5.79. The second-order valence-corrected chi connectivity index (χ2v) is 5.79. The van der Waals surface area contributed by atoms with Crippen molar-refractivity contribution in [2.75, 3.05) is 0 Å². The summed E-state index contributed by atoms with van der Waals surface area (Å²) in [7, 11) is 1.91. The molecule has 1 saturated carbocycles. The molecule has 3 rings (SSSR count). The summed E-state index contributed by atoms with van der Waals surface area (Å²) in [5.74, 6) is 1.14. The molecule has 0 atom stereocenters. The Hall–Kier alpha value is -1.38. The van der Waals surface area contributed by atoms with E-state index in [1.165, 1.54) is 19.3 Å². The lowest BCUT2D eigenvalue weighted by Gasteiger charge is -2.28. The molecular formula is C16H21FN2. The van der Waals surface area contributed by atoms with Gasteiger partial charge in [0.1, 0.15) is 5.82 Å². The van der Waals surface area contributed by atoms with E-state index in [2.05, 4.69) is 12.0 Å². The van der Waals surface area contributed by atoms with E-state index in [1.54, 1.807) is 6.07 Å². The normalized spacial score (nSPS) is 23.9. The molecular weight excluding hydrogens is 239 g/mol. The average molecular weight is 260 g/mol. The highest BCUT2D eigenvalue weighted by Gasteiger charge is 2.26. The van der Waals surface area contributed by atoms with Crippen molar-refractivity contribution in [3.8, 4) is 0 Å². The maximum atomic E-state index is 14.3. The van der Waals surface area contributed by atoms with Gasteiger partial charge in [-0.1, -0.05) is 13.3 Å². The number of aryl methyl sites for hydroxylation is 1. The van der Waals surface area contributed by atoms with Crippen molar-refractivity contribution < 1.29 is 4.39 Å². The van der Waals surface area contributed by atoms with E-state index in [4.69, 9.17) is 0 Å². The molecule has 0 saturated heterocycles. The number of aromatic nitrogens is 2. The molecule has 0 unspecified atom stereocenters. The summed E-state index contributed by atoms with van der Waals surface area (Å²) in [4.78, 5) is 0. The summed E-state index contributed by atoms with van der Waals surface area (Å²) in [5, 5.41) is 5.33. The fourth-order valence-electron chi connectivity index (χ4n) is 3.52. The Labute approximate surface area is 113 Å². The zero-order valence-electron chi connectivity index (χ0n) is 11.7. The van der Waals surface area contributed by atoms with E-state index in [0.29, 0.717) is 5.92 Å². The van der Waals surface area contributed by atoms with Crippen LogP contribution in [0.15, 0.2) is 18.3 Å². The zero-order chi connectivity index (χ0) is 13.4. The molecule has 1 aromatic heterocycles. The van der Waals surface area contributed by atoms with Gasteiger partial charge in [0.15, 0.2) is 0 Å². The van der Waals surface area contributed by atoms with Crippen LogP contribution < -0.4 is 0 Å². The van der Waals surface area contributed by atoms with E-state index in [9.17, 15) is 4.39 Å². The van der Waals surface area contributed by atoms with Gasteiger partial charge in [0.2, 0.25) is 0 Å². The SMILES string of the molecule is CCC1CCC(c2c(F)ccc3cnn(C)c23)CC1. The van der Waals surface area contributed by atoms with Crippen LogP contribution in [-0.4, -0.2) is 9.78 Å². The van der Waals surface area contributed by atoms with Gasteiger partial charge in [-0.2, -0.15) is 5.10 Å². The smallest absolute Gasteiger partial charge is 0.128 e. The standard InChI is InChI=1S/C16H21FN2/c1-3-11-4-6-12(7-5-11)15-14(17)9-8-13-10-18-19(2)16(13)15/h8-12H,3-7H2,1-2H3. The minimum absolute atomic E-state index is 0.0592. The quantitative estimate of drug-likeness (QED) is 0.782. The van der Waals surface area contributed by atoms with Crippen molar-refractivity contribution in [1.29, 1.82) is 0 Å². The summed E-state index contributed by atoms with van der Waals surface area (Å²) in [6.07, 6.45) is 7.77. The van der Waals surface area contributed by atoms with Gasteiger partial charge in [0, 0.05) is 18.0 Å². The van der Waals surface area contributed by atoms with Gasteiger partial charge in [-0.15, -0.1) is 0 Å². The molecule has 0 N–H and O–H groups in total. The van der Waals surface area contributed by atoms with Crippen molar-refractivity contribution >= 4 is 10.9 Å². The lowest BCUT2D eigenvalue weighted by atomic mass is 9.77. The Morgan fingerprint density at radius 2 is 2.00 bits per heavy atom. The van der Waals surface area contributed by atoms with Crippen LogP contribution in [0.5, 0.6) is 0 Å². The van der Waals surface area contributed by atoms with Gasteiger partial charge in [-0.25, -0.2) is 4.39 Å². The fourth-order valence-corrected chi connectivity index (χ4v) is 3.52. The molecule has 1 aromatic carbocycles. The van der Waals surface area contributed by atoms with E-state index in [0.717, 1.165) is 35.2 Å². The van der Waals surface area contributed by atoms with Gasteiger partial charge in [0.05, 0.1) is 11.7 Å². The van der Waals surface area contributed by atoms with Gasteiger partial charge in [-0.05, 0) is 49.7 Å². The van der Waals surface area contributed by atoms with Crippen LogP contribution in [0.1, 0.15) is 50.5 Å². The zero-order valence-corrected chi connectivity index (χ0v) is 11.7. The summed E-state index contributed by atoms with van der Waals surface area (Å²) >= 11 is 0. The van der Waals surface area contributed by atoms with E-state index >= 15 is 0 Å². The van der Waals surface area contributed by atoms with Gasteiger partial charge >= 0.3 is 0 Å². The lowest BCUT2D eigenvalue weighted by molar-refractivity contribution is 0.315. The summed E-state index contributed by atoms with van der Waals surface area (Å²) < 4.78 is 16.1. The van der Waals surface area contributed by atoms with Crippen LogP contribution in [0.2, 0.25) is 0 Å². The highest BCUT2D eigenvalue weighted by molar-refractivity contribution is 5.82. The van der Waals surface area contributed by atoms with Gasteiger partial charge in [-0.3, -0.25) is 4.68 Å². The lowest BCUT2D eigenvalue weighted by Crippen LogP contribution is -2.14. The largest absolute Gasteiger partial charge is 0.268 e. The molecule has 0 amide bonds. The van der Waals surface area contributed by atoms with Crippen LogP contribution in [0.25, 0.3) is 10.9 Å². The molecule has 1 aliphatic carbocycles. The first kappa shape index (κ1) is 12.6. The maximum absolute atomic E-state index is 14.3. The fraction of sp³-hybridized carbons (Fsp3) is 0.562. The highest BCUT2D eigenvalue weighted by Crippen LogP contribution is 2.40. The molecule has 1 aliphatic rings. The predicted octanol–water partition coefficient (Wildman–Crippen LogP) is 4.40. The number of hydrogen-bond donors (Lipinski definition) is 0. The Morgan fingerprint density at radius 3 is 2.68 bits per heavy atom. The number of benzene rings is 1. The molecule has 19 heavy (non-hydrogen) atoms. The third kappa shape index (κ3) is 2.15. The Balaban J connectivity index is 2.00. The van der Waals surface area contributed by atoms with Crippen LogP contribution in [0, 0.1) is 11.7 Å². The van der Waals surface area contributed by atoms with Crippen LogP contribution >= 0.6 is 0 Å². The monoisotopic (exact) mass is 260 g/mol. The van der Waals surface area contributed by atoms with Crippen molar-refractivity contribution in [3.05, 3.63) is 29.7 Å². The number of fused-ring (bicyclic) bond motifs is 1.